The van der Waals surface area contributed by atoms with Crippen molar-refractivity contribution in [3.05, 3.63) is 0 Å². The van der Waals surface area contributed by atoms with E-state index in [1.165, 1.54) is 0 Å². The summed E-state index contributed by atoms with van der Waals surface area (Å²) in [6.07, 6.45) is 0.516. The molecule has 0 amide bonds. The topological polar surface area (TPSA) is 63.6 Å². The van der Waals surface area contributed by atoms with Crippen molar-refractivity contribution in [2.24, 2.45) is 0 Å². The quantitative estimate of drug-likeness (QED) is 0.532. The molecular formula is C6H8O4. The maximum atomic E-state index is 10.5. The third-order valence-electron chi connectivity index (χ3n) is 1.40. The second kappa shape index (κ2) is 2.68. The summed E-state index contributed by atoms with van der Waals surface area (Å²) in [6.45, 7) is 0. The van der Waals surface area contributed by atoms with Gasteiger partial charge >= 0.3 is 11.9 Å². The molecule has 0 spiro atoms. The molecule has 0 aliphatic carbocycles. The zero-order valence-electron chi connectivity index (χ0n) is 5.37. The maximum Gasteiger partial charge on any atom is 0.345 e. The molecule has 0 aromatic rings. The molecule has 0 bridgehead atoms. The zero-order valence-corrected chi connectivity index (χ0v) is 5.37. The Morgan fingerprint density at radius 3 is 2.80 bits per heavy atom. The van der Waals surface area contributed by atoms with E-state index < -0.39 is 18.0 Å². The lowest BCUT2D eigenvalue weighted by molar-refractivity contribution is -0.168. The van der Waals surface area contributed by atoms with E-state index in [0.717, 1.165) is 0 Å². The Morgan fingerprint density at radius 2 is 2.40 bits per heavy atom. The van der Waals surface area contributed by atoms with Gasteiger partial charge in [0.1, 0.15) is 0 Å². The van der Waals surface area contributed by atoms with Gasteiger partial charge in [-0.2, -0.15) is 0 Å². The number of esters is 1. The predicted molar refractivity (Wildman–Crippen MR) is 31.4 cm³/mol. The van der Waals surface area contributed by atoms with Gasteiger partial charge in [0.05, 0.1) is 0 Å². The summed E-state index contributed by atoms with van der Waals surface area (Å²) < 4.78 is 4.51. The van der Waals surface area contributed by atoms with Crippen molar-refractivity contribution in [2.45, 2.75) is 25.4 Å². The highest BCUT2D eigenvalue weighted by atomic mass is 16.6. The van der Waals surface area contributed by atoms with E-state index in [1.54, 1.807) is 0 Å². The first-order valence-electron chi connectivity index (χ1n) is 3.12. The zero-order chi connectivity index (χ0) is 7.56. The van der Waals surface area contributed by atoms with Crippen LogP contribution in [0.3, 0.4) is 0 Å². The van der Waals surface area contributed by atoms with Gasteiger partial charge < -0.3 is 9.84 Å². The number of hydrogen-bond donors (Lipinski definition) is 1. The Balaban J connectivity index is 2.47. The highest BCUT2D eigenvalue weighted by Crippen LogP contribution is 2.13. The van der Waals surface area contributed by atoms with Gasteiger partial charge in [-0.3, -0.25) is 4.79 Å². The number of hydrogen-bond acceptors (Lipinski definition) is 3. The molecule has 4 heteroatoms. The van der Waals surface area contributed by atoms with Gasteiger partial charge in [0.15, 0.2) is 6.10 Å². The van der Waals surface area contributed by atoms with E-state index in [4.69, 9.17) is 5.11 Å². The summed E-state index contributed by atoms with van der Waals surface area (Å²) in [5.41, 5.74) is 0. The van der Waals surface area contributed by atoms with Gasteiger partial charge in [0.2, 0.25) is 0 Å². The van der Waals surface area contributed by atoms with Gasteiger partial charge in [0.25, 0.3) is 0 Å². The Bertz CT molecular complexity index is 161. The molecule has 10 heavy (non-hydrogen) atoms. The van der Waals surface area contributed by atoms with Crippen LogP contribution in [-0.4, -0.2) is 23.1 Å². The molecule has 0 radical (unpaired) electrons. The minimum Gasteiger partial charge on any atom is -0.479 e. The lowest BCUT2D eigenvalue weighted by Gasteiger charge is -2.17. The van der Waals surface area contributed by atoms with Crippen LogP contribution in [0, 0.1) is 0 Å². The fourth-order valence-electron chi connectivity index (χ4n) is 0.882. The molecule has 0 aromatic heterocycles. The van der Waals surface area contributed by atoms with Crippen LogP contribution in [0.15, 0.2) is 0 Å². The molecular weight excluding hydrogens is 136 g/mol. The van der Waals surface area contributed by atoms with Crippen molar-refractivity contribution in [1.82, 2.24) is 0 Å². The third-order valence-corrected chi connectivity index (χ3v) is 1.40. The second-order valence-electron chi connectivity index (χ2n) is 2.21. The van der Waals surface area contributed by atoms with E-state index in [9.17, 15) is 9.59 Å². The third kappa shape index (κ3) is 1.46. The van der Waals surface area contributed by atoms with Gasteiger partial charge in [-0.25, -0.2) is 4.79 Å². The molecule has 1 rings (SSSR count). The first-order chi connectivity index (χ1) is 4.70. The van der Waals surface area contributed by atoms with Gasteiger partial charge in [-0.05, 0) is 12.8 Å². The molecule has 1 N–H and O–H groups in total. The Kier molecular flexibility index (Phi) is 1.89. The van der Waals surface area contributed by atoms with Crippen LogP contribution in [0.2, 0.25) is 0 Å². The van der Waals surface area contributed by atoms with E-state index in [0.29, 0.717) is 19.3 Å². The van der Waals surface area contributed by atoms with Gasteiger partial charge in [0, 0.05) is 6.42 Å². The van der Waals surface area contributed by atoms with Crippen LogP contribution >= 0.6 is 0 Å². The number of carbonyl (C=O) groups excluding carboxylic acids is 1. The number of carboxylic acids is 1. The summed E-state index contributed by atoms with van der Waals surface area (Å²) in [7, 11) is 0. The Labute approximate surface area is 57.8 Å². The maximum absolute atomic E-state index is 10.5. The number of carboxylic acid groups (broad SMARTS) is 1. The average Bonchev–Trinajstić information content (AvgIpc) is 1.88. The van der Waals surface area contributed by atoms with Crippen LogP contribution in [-0.2, 0) is 14.3 Å². The minimum atomic E-state index is -1.05. The van der Waals surface area contributed by atoms with Crippen LogP contribution in [0.25, 0.3) is 0 Å². The van der Waals surface area contributed by atoms with Crippen LogP contribution in [0.4, 0.5) is 0 Å². The van der Waals surface area contributed by atoms with Gasteiger partial charge in [-0.1, -0.05) is 0 Å². The van der Waals surface area contributed by atoms with Crippen LogP contribution in [0.5, 0.6) is 0 Å². The largest absolute Gasteiger partial charge is 0.479 e. The Hall–Kier alpha value is -1.06. The van der Waals surface area contributed by atoms with Crippen molar-refractivity contribution in [2.75, 3.05) is 0 Å². The van der Waals surface area contributed by atoms with Crippen molar-refractivity contribution in [3.63, 3.8) is 0 Å². The van der Waals surface area contributed by atoms with E-state index in [1.807, 2.05) is 0 Å². The average molecular weight is 144 g/mol. The van der Waals surface area contributed by atoms with Crippen molar-refractivity contribution >= 4 is 11.9 Å². The standard InChI is InChI=1S/C6H8O4/c7-5-3-1-2-4(10-5)6(8)9/h4H,1-3H2,(H,8,9)/t4-/m1/s1. The molecule has 1 fully saturated rings. The number of rotatable bonds is 1. The molecule has 1 heterocycles. The van der Waals surface area contributed by atoms with Crippen LogP contribution < -0.4 is 0 Å². The number of aliphatic carboxylic acids is 1. The fraction of sp³-hybridized carbons (Fsp3) is 0.667. The molecule has 1 atom stereocenters. The van der Waals surface area contributed by atoms with Crippen molar-refractivity contribution < 1.29 is 19.4 Å². The molecule has 4 nitrogen and oxygen atoms in total. The lowest BCUT2D eigenvalue weighted by Crippen LogP contribution is -2.30. The molecule has 0 saturated carbocycles. The van der Waals surface area contributed by atoms with E-state index in [-0.39, 0.29) is 0 Å². The summed E-state index contributed by atoms with van der Waals surface area (Å²) in [5, 5.41) is 8.38. The summed E-state index contributed by atoms with van der Waals surface area (Å²) in [6, 6.07) is 0. The van der Waals surface area contributed by atoms with E-state index >= 15 is 0 Å². The first-order valence-corrected chi connectivity index (χ1v) is 3.12. The number of ether oxygens (including phenoxy) is 1. The molecule has 0 unspecified atom stereocenters. The number of carbonyl (C=O) groups is 2. The normalized spacial score (nSPS) is 25.6. The minimum absolute atomic E-state index is 0.351. The van der Waals surface area contributed by atoms with Gasteiger partial charge in [-0.15, -0.1) is 0 Å². The monoisotopic (exact) mass is 144 g/mol. The predicted octanol–water partition coefficient (Wildman–Crippen LogP) is 0.167. The molecule has 1 aliphatic heterocycles. The summed E-state index contributed by atoms with van der Waals surface area (Å²) in [5.74, 6) is -1.45. The SMILES string of the molecule is O=C1CCC[C@H](C(=O)O)O1. The molecule has 56 valence electrons. The highest BCUT2D eigenvalue weighted by molar-refractivity contribution is 5.79. The molecule has 0 aromatic carbocycles. The molecule has 1 saturated heterocycles. The summed E-state index contributed by atoms with van der Waals surface area (Å²) >= 11 is 0. The summed E-state index contributed by atoms with van der Waals surface area (Å²) in [4.78, 5) is 20.7. The highest BCUT2D eigenvalue weighted by Gasteiger charge is 2.25. The van der Waals surface area contributed by atoms with Crippen molar-refractivity contribution in [1.29, 1.82) is 0 Å². The second-order valence-corrected chi connectivity index (χ2v) is 2.21. The number of cyclic esters (lactones) is 1. The smallest absolute Gasteiger partial charge is 0.345 e. The molecule has 1 aliphatic rings. The first kappa shape index (κ1) is 7.05. The lowest BCUT2D eigenvalue weighted by atomic mass is 10.1. The Morgan fingerprint density at radius 1 is 1.70 bits per heavy atom. The van der Waals surface area contributed by atoms with Crippen LogP contribution in [0.1, 0.15) is 19.3 Å². The van der Waals surface area contributed by atoms with Crippen molar-refractivity contribution in [3.8, 4) is 0 Å². The van der Waals surface area contributed by atoms with E-state index in [2.05, 4.69) is 4.74 Å². The fourth-order valence-corrected chi connectivity index (χ4v) is 0.882.